The summed E-state index contributed by atoms with van der Waals surface area (Å²) in [5.41, 5.74) is 2.13. The average molecular weight is 399 g/mol. The molecule has 28 heavy (non-hydrogen) atoms. The first-order valence-electron chi connectivity index (χ1n) is 9.74. The molecule has 1 saturated heterocycles. The molecule has 2 aromatic rings. The maximum Gasteiger partial charge on any atom is 0.253 e. The Balaban J connectivity index is 1.72. The molecule has 5 heteroatoms. The molecule has 0 bridgehead atoms. The van der Waals surface area contributed by atoms with Crippen LogP contribution in [0, 0.1) is 0 Å². The van der Waals surface area contributed by atoms with E-state index in [9.17, 15) is 9.90 Å². The average Bonchev–Trinajstić information content (AvgIpc) is 2.68. The van der Waals surface area contributed by atoms with Gasteiger partial charge in [-0.05, 0) is 42.2 Å². The first kappa shape index (κ1) is 20.8. The Bertz CT molecular complexity index is 842. The lowest BCUT2D eigenvalue weighted by Gasteiger charge is -2.37. The Labute approximate surface area is 170 Å². The fraction of sp³-hybridized carbons (Fsp3) is 0.391. The van der Waals surface area contributed by atoms with E-state index in [1.165, 1.54) is 5.56 Å². The van der Waals surface area contributed by atoms with Crippen molar-refractivity contribution in [3.05, 3.63) is 65.7 Å². The highest BCUT2D eigenvalue weighted by Crippen LogP contribution is 2.34. The van der Waals surface area contributed by atoms with E-state index in [1.807, 2.05) is 35.2 Å². The standard InChI is InChI=1S/C23H30N2O2S/c1-18(26)28(21-12-10-20(11-13-21)23(2,3)4)25-16-14-24(15-17-25)22(27)19-8-6-5-7-9-19/h5-13,26H,14-17H2,1-4H3. The van der Waals surface area contributed by atoms with Gasteiger partial charge in [0.2, 0.25) is 0 Å². The topological polar surface area (TPSA) is 43.8 Å². The number of hydrogen-bond donors (Lipinski definition) is 1. The monoisotopic (exact) mass is 398 g/mol. The van der Waals surface area contributed by atoms with Crippen LogP contribution in [0.5, 0.6) is 0 Å². The normalized spacial score (nSPS) is 17.3. The highest BCUT2D eigenvalue weighted by Gasteiger charge is 2.25. The number of nitrogens with zero attached hydrogens (tertiary/aromatic N) is 2. The molecule has 0 aromatic heterocycles. The van der Waals surface area contributed by atoms with E-state index in [0.29, 0.717) is 18.1 Å². The number of aliphatic hydroxyl groups is 1. The summed E-state index contributed by atoms with van der Waals surface area (Å²) in [5, 5.41) is 10.8. The van der Waals surface area contributed by atoms with E-state index in [1.54, 1.807) is 6.92 Å². The van der Waals surface area contributed by atoms with E-state index in [2.05, 4.69) is 49.3 Å². The molecule has 4 nitrogen and oxygen atoms in total. The van der Waals surface area contributed by atoms with Gasteiger partial charge < -0.3 is 10.0 Å². The van der Waals surface area contributed by atoms with E-state index >= 15 is 0 Å². The van der Waals surface area contributed by atoms with Crippen molar-refractivity contribution >= 4 is 21.6 Å². The van der Waals surface area contributed by atoms with Crippen LogP contribution in [0.1, 0.15) is 43.6 Å². The SMILES string of the molecule is C/C(O)=S(\c1ccc(C(C)(C)C)cc1)N1CCN(C(=O)c2ccccc2)CC1. The third-order valence-electron chi connectivity index (χ3n) is 5.03. The van der Waals surface area contributed by atoms with Crippen molar-refractivity contribution in [2.24, 2.45) is 0 Å². The third kappa shape index (κ3) is 4.72. The van der Waals surface area contributed by atoms with Crippen molar-refractivity contribution in [1.82, 2.24) is 9.21 Å². The highest BCUT2D eigenvalue weighted by atomic mass is 32.2. The van der Waals surface area contributed by atoms with Crippen LogP contribution in [0.15, 0.2) is 59.5 Å². The number of carbonyl (C=O) groups is 1. The molecule has 0 spiro atoms. The molecule has 0 radical (unpaired) electrons. The molecule has 1 aliphatic heterocycles. The number of carbonyl (C=O) groups excluding carboxylic acids is 1. The van der Waals surface area contributed by atoms with Gasteiger partial charge >= 0.3 is 0 Å². The van der Waals surface area contributed by atoms with Crippen LogP contribution < -0.4 is 0 Å². The maximum atomic E-state index is 12.7. The fourth-order valence-corrected chi connectivity index (χ4v) is 5.36. The zero-order valence-corrected chi connectivity index (χ0v) is 18.0. The molecule has 1 unspecified atom stereocenters. The number of benzene rings is 2. The Morgan fingerprint density at radius 2 is 1.50 bits per heavy atom. The summed E-state index contributed by atoms with van der Waals surface area (Å²) in [6.07, 6.45) is 0. The summed E-state index contributed by atoms with van der Waals surface area (Å²) >= 11 is 0. The van der Waals surface area contributed by atoms with E-state index < -0.39 is 10.7 Å². The summed E-state index contributed by atoms with van der Waals surface area (Å²) < 4.78 is 2.29. The Morgan fingerprint density at radius 3 is 2.00 bits per heavy atom. The minimum absolute atomic E-state index is 0.0827. The molecule has 1 heterocycles. The molecule has 3 rings (SSSR count). The van der Waals surface area contributed by atoms with Crippen molar-refractivity contribution in [1.29, 1.82) is 0 Å². The maximum absolute atomic E-state index is 12.7. The quantitative estimate of drug-likeness (QED) is 0.763. The molecular weight excluding hydrogens is 368 g/mol. The number of hydrogen-bond acceptors (Lipinski definition) is 2. The van der Waals surface area contributed by atoms with E-state index in [4.69, 9.17) is 0 Å². The van der Waals surface area contributed by atoms with Crippen molar-refractivity contribution in [2.75, 3.05) is 26.2 Å². The van der Waals surface area contributed by atoms with Crippen LogP contribution in [0.2, 0.25) is 0 Å². The van der Waals surface area contributed by atoms with Crippen molar-refractivity contribution in [2.45, 2.75) is 38.0 Å². The lowest BCUT2D eigenvalue weighted by molar-refractivity contribution is 0.0703. The summed E-state index contributed by atoms with van der Waals surface area (Å²) in [6, 6.07) is 18.0. The first-order valence-corrected chi connectivity index (χ1v) is 10.9. The van der Waals surface area contributed by atoms with E-state index in [0.717, 1.165) is 23.5 Å². The van der Waals surface area contributed by atoms with Gasteiger partial charge in [-0.15, -0.1) is 0 Å². The molecule has 1 N–H and O–H groups in total. The molecule has 0 saturated carbocycles. The van der Waals surface area contributed by atoms with Gasteiger partial charge in [-0.25, -0.2) is 4.31 Å². The minimum Gasteiger partial charge on any atom is -0.358 e. The first-order chi connectivity index (χ1) is 13.3. The summed E-state index contributed by atoms with van der Waals surface area (Å²) in [5.74, 6) is 0.0827. The number of piperazine rings is 1. The van der Waals surface area contributed by atoms with Gasteiger partial charge in [-0.3, -0.25) is 4.79 Å². The smallest absolute Gasteiger partial charge is 0.253 e. The van der Waals surface area contributed by atoms with Gasteiger partial charge in [0.25, 0.3) is 5.91 Å². The second kappa shape index (κ2) is 8.60. The van der Waals surface area contributed by atoms with E-state index in [-0.39, 0.29) is 11.3 Å². The molecular formula is C23H30N2O2S. The second-order valence-electron chi connectivity index (χ2n) is 8.17. The molecule has 1 fully saturated rings. The van der Waals surface area contributed by atoms with Crippen LogP contribution in [0.4, 0.5) is 0 Å². The van der Waals surface area contributed by atoms with Gasteiger partial charge in [0.15, 0.2) is 0 Å². The number of aliphatic hydroxyl groups excluding tert-OH is 1. The number of amides is 1. The van der Waals surface area contributed by atoms with Gasteiger partial charge in [-0.1, -0.05) is 61.8 Å². The molecule has 150 valence electrons. The predicted octanol–water partition coefficient (Wildman–Crippen LogP) is 4.69. The zero-order valence-electron chi connectivity index (χ0n) is 17.2. The van der Waals surface area contributed by atoms with Crippen LogP contribution >= 0.6 is 10.7 Å². The van der Waals surface area contributed by atoms with Gasteiger partial charge in [0, 0.05) is 36.6 Å². The fourth-order valence-electron chi connectivity index (χ4n) is 3.43. The Hall–Kier alpha value is -1.95. The van der Waals surface area contributed by atoms with Crippen molar-refractivity contribution in [3.63, 3.8) is 0 Å². The van der Waals surface area contributed by atoms with Crippen LogP contribution in [-0.2, 0) is 5.41 Å². The molecule has 1 atom stereocenters. The molecule has 2 aromatic carbocycles. The van der Waals surface area contributed by atoms with Gasteiger partial charge in [-0.2, -0.15) is 0 Å². The Morgan fingerprint density at radius 1 is 0.929 bits per heavy atom. The van der Waals surface area contributed by atoms with Crippen LogP contribution in [-0.4, -0.2) is 51.4 Å². The summed E-state index contributed by atoms with van der Waals surface area (Å²) in [7, 11) is -0.466. The van der Waals surface area contributed by atoms with Crippen molar-refractivity contribution in [3.8, 4) is 0 Å². The zero-order chi connectivity index (χ0) is 20.3. The molecule has 1 amide bonds. The van der Waals surface area contributed by atoms with Crippen LogP contribution in [0.25, 0.3) is 0 Å². The molecule has 0 aliphatic carbocycles. The predicted molar refractivity (Wildman–Crippen MR) is 118 cm³/mol. The lowest BCUT2D eigenvalue weighted by atomic mass is 9.87. The third-order valence-corrected chi connectivity index (χ3v) is 7.19. The highest BCUT2D eigenvalue weighted by molar-refractivity contribution is 8.13. The Kier molecular flexibility index (Phi) is 6.38. The lowest BCUT2D eigenvalue weighted by Crippen LogP contribution is -2.47. The largest absolute Gasteiger partial charge is 0.358 e. The van der Waals surface area contributed by atoms with Gasteiger partial charge in [0.1, 0.15) is 0 Å². The van der Waals surface area contributed by atoms with Crippen molar-refractivity contribution < 1.29 is 9.90 Å². The number of rotatable bonds is 3. The summed E-state index contributed by atoms with van der Waals surface area (Å²) in [4.78, 5) is 15.7. The second-order valence-corrected chi connectivity index (χ2v) is 10.3. The van der Waals surface area contributed by atoms with Crippen LogP contribution in [0.3, 0.4) is 0 Å². The molecule has 1 aliphatic rings. The minimum atomic E-state index is -0.466. The van der Waals surface area contributed by atoms with Gasteiger partial charge in [0.05, 0.1) is 5.05 Å². The summed E-state index contributed by atoms with van der Waals surface area (Å²) in [6.45, 7) is 11.2.